The third kappa shape index (κ3) is 2.67. The number of hydrogen-bond donors (Lipinski definition) is 1. The van der Waals surface area contributed by atoms with E-state index in [-0.39, 0.29) is 11.5 Å². The lowest BCUT2D eigenvalue weighted by molar-refractivity contribution is -0.130. The monoisotopic (exact) mass is 368 g/mol. The van der Waals surface area contributed by atoms with E-state index >= 15 is 0 Å². The second-order valence-corrected chi connectivity index (χ2v) is 7.63. The lowest BCUT2D eigenvalue weighted by atomic mass is 9.86. The van der Waals surface area contributed by atoms with Crippen LogP contribution >= 0.6 is 11.6 Å². The molecule has 0 aliphatic carbocycles. The predicted octanol–water partition coefficient (Wildman–Crippen LogP) is 5.36. The highest BCUT2D eigenvalue weighted by molar-refractivity contribution is 6.30. The highest BCUT2D eigenvalue weighted by atomic mass is 35.5. The zero-order valence-corrected chi connectivity index (χ0v) is 15.6. The molecule has 3 nitrogen and oxygen atoms in total. The van der Waals surface area contributed by atoms with Crippen molar-refractivity contribution in [3.05, 3.63) is 64.4 Å². The van der Waals surface area contributed by atoms with E-state index in [1.165, 1.54) is 0 Å². The van der Waals surface area contributed by atoms with E-state index in [2.05, 4.69) is 6.92 Å². The van der Waals surface area contributed by atoms with Crippen LogP contribution in [-0.4, -0.2) is 22.6 Å². The first-order valence-electron chi connectivity index (χ1n) is 8.98. The Balaban J connectivity index is 1.89. The SMILES string of the molecule is CCc1ccc(-c2ccc(Cl)cc2)cc1C1=C(O)[C@@]2(C)CC[C@@H](O2)C1=O. The molecule has 2 aromatic rings. The van der Waals surface area contributed by atoms with Crippen LogP contribution < -0.4 is 0 Å². The molecule has 4 rings (SSSR count). The third-order valence-corrected chi connectivity index (χ3v) is 5.75. The predicted molar refractivity (Wildman–Crippen MR) is 103 cm³/mol. The number of ether oxygens (including phenoxy) is 1. The van der Waals surface area contributed by atoms with Crippen molar-refractivity contribution in [3.8, 4) is 11.1 Å². The fourth-order valence-electron chi connectivity index (χ4n) is 3.94. The largest absolute Gasteiger partial charge is 0.508 e. The highest BCUT2D eigenvalue weighted by Gasteiger charge is 2.50. The molecule has 2 heterocycles. The summed E-state index contributed by atoms with van der Waals surface area (Å²) in [5.74, 6) is -0.0420. The van der Waals surface area contributed by atoms with Gasteiger partial charge in [0.05, 0.1) is 5.57 Å². The van der Waals surface area contributed by atoms with E-state index in [0.717, 1.165) is 28.7 Å². The highest BCUT2D eigenvalue weighted by Crippen LogP contribution is 2.45. The van der Waals surface area contributed by atoms with Gasteiger partial charge in [-0.05, 0) is 66.6 Å². The topological polar surface area (TPSA) is 46.5 Å². The van der Waals surface area contributed by atoms with Gasteiger partial charge >= 0.3 is 0 Å². The normalized spacial score (nSPS) is 25.0. The number of carbonyl (C=O) groups excluding carboxylic acids is 1. The molecule has 0 saturated carbocycles. The summed E-state index contributed by atoms with van der Waals surface area (Å²) in [6.45, 7) is 3.92. The Hall–Kier alpha value is -2.10. The van der Waals surface area contributed by atoms with Crippen molar-refractivity contribution in [1.29, 1.82) is 0 Å². The Bertz CT molecular complexity index is 913. The van der Waals surface area contributed by atoms with E-state index in [0.29, 0.717) is 23.4 Å². The van der Waals surface area contributed by atoms with Gasteiger partial charge in [0.2, 0.25) is 0 Å². The Morgan fingerprint density at radius 2 is 1.88 bits per heavy atom. The van der Waals surface area contributed by atoms with Gasteiger partial charge in [0.15, 0.2) is 5.78 Å². The first-order valence-corrected chi connectivity index (χ1v) is 9.36. The number of ketones is 1. The summed E-state index contributed by atoms with van der Waals surface area (Å²) >= 11 is 5.99. The molecule has 2 aliphatic heterocycles. The molecular weight excluding hydrogens is 348 g/mol. The number of hydrogen-bond acceptors (Lipinski definition) is 3. The van der Waals surface area contributed by atoms with E-state index < -0.39 is 11.7 Å². The molecule has 0 spiro atoms. The summed E-state index contributed by atoms with van der Waals surface area (Å²) in [6.07, 6.45) is 1.65. The zero-order chi connectivity index (χ0) is 18.5. The minimum Gasteiger partial charge on any atom is -0.508 e. The number of rotatable bonds is 3. The van der Waals surface area contributed by atoms with Crippen molar-refractivity contribution < 1.29 is 14.6 Å². The first-order chi connectivity index (χ1) is 12.4. The molecule has 2 aliphatic rings. The second kappa shape index (κ2) is 6.26. The summed E-state index contributed by atoms with van der Waals surface area (Å²) in [6, 6.07) is 13.7. The molecular formula is C22H21ClO3. The zero-order valence-electron chi connectivity index (χ0n) is 14.9. The van der Waals surface area contributed by atoms with Gasteiger partial charge in [-0.1, -0.05) is 42.8 Å². The molecule has 0 radical (unpaired) electrons. The fourth-order valence-corrected chi connectivity index (χ4v) is 4.06. The number of aliphatic hydroxyl groups excluding tert-OH is 1. The van der Waals surface area contributed by atoms with Crippen LogP contribution in [0.2, 0.25) is 5.02 Å². The van der Waals surface area contributed by atoms with Gasteiger partial charge in [0.25, 0.3) is 0 Å². The lowest BCUT2D eigenvalue weighted by Crippen LogP contribution is -2.37. The van der Waals surface area contributed by atoms with Gasteiger partial charge in [-0.25, -0.2) is 0 Å². The van der Waals surface area contributed by atoms with Gasteiger partial charge in [0, 0.05) is 5.02 Å². The van der Waals surface area contributed by atoms with Crippen LogP contribution in [0.15, 0.2) is 48.2 Å². The lowest BCUT2D eigenvalue weighted by Gasteiger charge is -2.31. The smallest absolute Gasteiger partial charge is 0.195 e. The number of benzene rings is 2. The van der Waals surface area contributed by atoms with Crippen molar-refractivity contribution >= 4 is 23.0 Å². The Kier molecular flexibility index (Phi) is 4.17. The fraction of sp³-hybridized carbons (Fsp3) is 0.318. The molecule has 26 heavy (non-hydrogen) atoms. The van der Waals surface area contributed by atoms with Gasteiger partial charge in [0.1, 0.15) is 17.5 Å². The third-order valence-electron chi connectivity index (χ3n) is 5.50. The number of Topliss-reactive ketones (excluding diaryl/α,β-unsaturated/α-hetero) is 1. The number of halogens is 1. The van der Waals surface area contributed by atoms with E-state index in [1.807, 2.05) is 49.4 Å². The van der Waals surface area contributed by atoms with Crippen LogP contribution in [0, 0.1) is 0 Å². The number of fused-ring (bicyclic) bond motifs is 2. The molecule has 1 N–H and O–H groups in total. The average molecular weight is 369 g/mol. The van der Waals surface area contributed by atoms with E-state index in [9.17, 15) is 9.90 Å². The van der Waals surface area contributed by atoms with Crippen LogP contribution in [0.3, 0.4) is 0 Å². The van der Waals surface area contributed by atoms with Crippen molar-refractivity contribution in [2.45, 2.75) is 44.8 Å². The minimum absolute atomic E-state index is 0.0687. The van der Waals surface area contributed by atoms with E-state index in [1.54, 1.807) is 0 Å². The molecule has 0 unspecified atom stereocenters. The van der Waals surface area contributed by atoms with Crippen molar-refractivity contribution in [2.24, 2.45) is 0 Å². The Morgan fingerprint density at radius 1 is 1.19 bits per heavy atom. The maximum Gasteiger partial charge on any atom is 0.195 e. The average Bonchev–Trinajstić information content (AvgIpc) is 3.02. The molecule has 2 bridgehead atoms. The summed E-state index contributed by atoms with van der Waals surface area (Å²) in [7, 11) is 0. The molecule has 2 atom stereocenters. The molecule has 0 aromatic heterocycles. The second-order valence-electron chi connectivity index (χ2n) is 7.20. The van der Waals surface area contributed by atoms with Gasteiger partial charge in [-0.15, -0.1) is 0 Å². The van der Waals surface area contributed by atoms with Crippen LogP contribution in [0.25, 0.3) is 16.7 Å². The van der Waals surface area contributed by atoms with Crippen LogP contribution in [0.4, 0.5) is 0 Å². The Morgan fingerprint density at radius 3 is 2.58 bits per heavy atom. The molecule has 2 aromatic carbocycles. The van der Waals surface area contributed by atoms with Crippen molar-refractivity contribution in [3.63, 3.8) is 0 Å². The number of aliphatic hydroxyl groups is 1. The van der Waals surface area contributed by atoms with Crippen molar-refractivity contribution in [1.82, 2.24) is 0 Å². The first kappa shape index (κ1) is 17.3. The quantitative estimate of drug-likeness (QED) is 0.793. The Labute approximate surface area is 158 Å². The van der Waals surface area contributed by atoms with Gasteiger partial charge in [-0.3, -0.25) is 4.79 Å². The van der Waals surface area contributed by atoms with Gasteiger partial charge in [-0.2, -0.15) is 0 Å². The van der Waals surface area contributed by atoms with Gasteiger partial charge < -0.3 is 9.84 Å². The van der Waals surface area contributed by atoms with Crippen LogP contribution in [0.5, 0.6) is 0 Å². The summed E-state index contributed by atoms with van der Waals surface area (Å²) in [5, 5.41) is 11.6. The maximum absolute atomic E-state index is 12.9. The van der Waals surface area contributed by atoms with Crippen molar-refractivity contribution in [2.75, 3.05) is 0 Å². The molecule has 0 amide bonds. The number of carbonyl (C=O) groups is 1. The van der Waals surface area contributed by atoms with E-state index in [4.69, 9.17) is 16.3 Å². The minimum atomic E-state index is -0.755. The molecule has 1 saturated heterocycles. The van der Waals surface area contributed by atoms with Crippen LogP contribution in [-0.2, 0) is 16.0 Å². The summed E-state index contributed by atoms with van der Waals surface area (Å²) in [5.41, 5.74) is 3.54. The summed E-state index contributed by atoms with van der Waals surface area (Å²) in [4.78, 5) is 12.9. The number of aryl methyl sites for hydroxylation is 1. The summed E-state index contributed by atoms with van der Waals surface area (Å²) < 4.78 is 5.79. The maximum atomic E-state index is 12.9. The standard InChI is InChI=1S/C22H21ClO3/c1-3-13-4-5-15(14-6-8-16(23)9-7-14)12-17(13)19-20(24)18-10-11-22(2,26-18)21(19)25/h4-9,12,18,25H,3,10-11H2,1-2H3/t18-,22-/m1/s1. The molecule has 1 fully saturated rings. The molecule has 134 valence electrons. The molecule has 4 heteroatoms. The van der Waals surface area contributed by atoms with Crippen LogP contribution in [0.1, 0.15) is 37.8 Å².